The van der Waals surface area contributed by atoms with E-state index in [4.69, 9.17) is 9.84 Å². The number of rotatable bonds is 5. The minimum absolute atomic E-state index is 0.0135. The van der Waals surface area contributed by atoms with Crippen molar-refractivity contribution in [2.24, 2.45) is 0 Å². The molecule has 0 saturated carbocycles. The lowest BCUT2D eigenvalue weighted by molar-refractivity contribution is -0.0513. The van der Waals surface area contributed by atoms with Crippen LogP contribution in [0.3, 0.4) is 0 Å². The summed E-state index contributed by atoms with van der Waals surface area (Å²) in [6.07, 6.45) is 3.65. The van der Waals surface area contributed by atoms with Crippen LogP contribution >= 0.6 is 0 Å². The Morgan fingerprint density at radius 2 is 2.37 bits per heavy atom. The van der Waals surface area contributed by atoms with E-state index in [-0.39, 0.29) is 11.3 Å². The Morgan fingerprint density at radius 1 is 1.58 bits per heavy atom. The lowest BCUT2D eigenvalue weighted by Crippen LogP contribution is -2.48. The van der Waals surface area contributed by atoms with Gasteiger partial charge in [-0.1, -0.05) is 5.21 Å². The molecule has 1 aliphatic heterocycles. The number of nitrogens with zero attached hydrogens (tertiary/aromatic N) is 4. The number of ether oxygens (including phenoxy) is 1. The van der Waals surface area contributed by atoms with Crippen LogP contribution in [0.2, 0.25) is 0 Å². The van der Waals surface area contributed by atoms with Crippen molar-refractivity contribution in [1.82, 2.24) is 19.9 Å². The Labute approximate surface area is 112 Å². The quantitative estimate of drug-likeness (QED) is 0.836. The first-order valence-corrected chi connectivity index (χ1v) is 6.43. The smallest absolute Gasteiger partial charge is 0.358 e. The summed E-state index contributed by atoms with van der Waals surface area (Å²) in [5.74, 6) is -1.05. The molecule has 7 heteroatoms. The summed E-state index contributed by atoms with van der Waals surface area (Å²) in [7, 11) is 1.75. The van der Waals surface area contributed by atoms with Crippen molar-refractivity contribution in [2.75, 3.05) is 26.7 Å². The van der Waals surface area contributed by atoms with Gasteiger partial charge < -0.3 is 9.84 Å². The molecule has 1 fully saturated rings. The van der Waals surface area contributed by atoms with Crippen molar-refractivity contribution in [3.05, 3.63) is 11.9 Å². The van der Waals surface area contributed by atoms with E-state index in [1.165, 1.54) is 6.20 Å². The molecule has 0 aromatic carbocycles. The number of methoxy groups -OCH3 is 1. The molecule has 19 heavy (non-hydrogen) atoms. The molecule has 1 atom stereocenters. The molecule has 1 aliphatic rings. The van der Waals surface area contributed by atoms with Crippen LogP contribution in [-0.2, 0) is 11.3 Å². The SMILES string of the molecule is COC1(C)CCCN(CCn2cc(C(=O)O)nn2)C1. The maximum absolute atomic E-state index is 10.7. The van der Waals surface area contributed by atoms with Gasteiger partial charge >= 0.3 is 5.97 Å². The fraction of sp³-hybridized carbons (Fsp3) is 0.750. The second-order valence-corrected chi connectivity index (χ2v) is 5.21. The van der Waals surface area contributed by atoms with Crippen LogP contribution in [0, 0.1) is 0 Å². The second-order valence-electron chi connectivity index (χ2n) is 5.21. The third-order valence-electron chi connectivity index (χ3n) is 3.63. The highest BCUT2D eigenvalue weighted by Gasteiger charge is 2.30. The van der Waals surface area contributed by atoms with Crippen LogP contribution < -0.4 is 0 Å². The summed E-state index contributed by atoms with van der Waals surface area (Å²) in [6, 6.07) is 0. The maximum Gasteiger partial charge on any atom is 0.358 e. The molecule has 0 radical (unpaired) electrons. The molecular formula is C12H20N4O3. The second kappa shape index (κ2) is 5.66. The molecule has 0 aliphatic carbocycles. The molecule has 2 heterocycles. The fourth-order valence-corrected chi connectivity index (χ4v) is 2.41. The lowest BCUT2D eigenvalue weighted by Gasteiger charge is -2.39. The van der Waals surface area contributed by atoms with Gasteiger partial charge in [0.05, 0.1) is 18.3 Å². The number of carboxylic acids is 1. The molecular weight excluding hydrogens is 248 g/mol. The predicted molar refractivity (Wildman–Crippen MR) is 68.1 cm³/mol. The van der Waals surface area contributed by atoms with Crippen molar-refractivity contribution in [3.8, 4) is 0 Å². The molecule has 1 aromatic rings. The third kappa shape index (κ3) is 3.51. The van der Waals surface area contributed by atoms with E-state index in [0.29, 0.717) is 6.54 Å². The topological polar surface area (TPSA) is 80.5 Å². The van der Waals surface area contributed by atoms with Gasteiger partial charge in [-0.05, 0) is 26.3 Å². The molecule has 106 valence electrons. The number of aromatic carboxylic acids is 1. The van der Waals surface area contributed by atoms with Crippen LogP contribution in [0.1, 0.15) is 30.3 Å². The van der Waals surface area contributed by atoms with E-state index < -0.39 is 5.97 Å². The molecule has 1 saturated heterocycles. The molecule has 0 bridgehead atoms. The third-order valence-corrected chi connectivity index (χ3v) is 3.63. The molecule has 7 nitrogen and oxygen atoms in total. The number of hydrogen-bond acceptors (Lipinski definition) is 5. The Kier molecular flexibility index (Phi) is 4.16. The van der Waals surface area contributed by atoms with Gasteiger partial charge in [0, 0.05) is 20.2 Å². The zero-order valence-corrected chi connectivity index (χ0v) is 11.4. The van der Waals surface area contributed by atoms with Gasteiger partial charge in [-0.3, -0.25) is 9.58 Å². The largest absolute Gasteiger partial charge is 0.476 e. The molecule has 2 rings (SSSR count). The first-order chi connectivity index (χ1) is 9.02. The fourth-order valence-electron chi connectivity index (χ4n) is 2.41. The Morgan fingerprint density at radius 3 is 3.00 bits per heavy atom. The minimum Gasteiger partial charge on any atom is -0.476 e. The molecule has 0 amide bonds. The van der Waals surface area contributed by atoms with Crippen molar-refractivity contribution in [3.63, 3.8) is 0 Å². The predicted octanol–water partition coefficient (Wildman–Crippen LogP) is 0.477. The van der Waals surface area contributed by atoms with Crippen LogP contribution in [0.25, 0.3) is 0 Å². The van der Waals surface area contributed by atoms with Crippen molar-refractivity contribution >= 4 is 5.97 Å². The van der Waals surface area contributed by atoms with Crippen LogP contribution in [0.5, 0.6) is 0 Å². The van der Waals surface area contributed by atoms with Crippen molar-refractivity contribution < 1.29 is 14.6 Å². The summed E-state index contributed by atoms with van der Waals surface area (Å²) in [4.78, 5) is 13.0. The zero-order valence-electron chi connectivity index (χ0n) is 11.4. The number of hydrogen-bond donors (Lipinski definition) is 1. The van der Waals surface area contributed by atoms with Gasteiger partial charge in [0.2, 0.25) is 0 Å². The highest BCUT2D eigenvalue weighted by Crippen LogP contribution is 2.23. The molecule has 0 spiro atoms. The molecule has 1 N–H and O–H groups in total. The number of carbonyl (C=O) groups is 1. The van der Waals surface area contributed by atoms with Gasteiger partial charge in [-0.25, -0.2) is 4.79 Å². The number of likely N-dealkylation sites (tertiary alicyclic amines) is 1. The van der Waals surface area contributed by atoms with Crippen molar-refractivity contribution in [1.29, 1.82) is 0 Å². The van der Waals surface area contributed by atoms with Crippen LogP contribution in [-0.4, -0.2) is 63.3 Å². The average molecular weight is 268 g/mol. The summed E-state index contributed by atoms with van der Waals surface area (Å²) in [5, 5.41) is 16.2. The maximum atomic E-state index is 10.7. The highest BCUT2D eigenvalue weighted by molar-refractivity contribution is 5.84. The van der Waals surface area contributed by atoms with Crippen molar-refractivity contribution in [2.45, 2.75) is 31.9 Å². The Balaban J connectivity index is 1.86. The van der Waals surface area contributed by atoms with E-state index in [0.717, 1.165) is 32.5 Å². The number of piperidine rings is 1. The molecule has 1 aromatic heterocycles. The summed E-state index contributed by atoms with van der Waals surface area (Å²) >= 11 is 0. The normalized spacial score (nSPS) is 24.5. The minimum atomic E-state index is -1.05. The van der Waals surface area contributed by atoms with Gasteiger partial charge in [0.1, 0.15) is 0 Å². The number of aromatic nitrogens is 3. The highest BCUT2D eigenvalue weighted by atomic mass is 16.5. The summed E-state index contributed by atoms with van der Waals surface area (Å²) in [6.45, 7) is 5.52. The van der Waals surface area contributed by atoms with Crippen LogP contribution in [0.4, 0.5) is 0 Å². The van der Waals surface area contributed by atoms with Crippen LogP contribution in [0.15, 0.2) is 6.20 Å². The van der Waals surface area contributed by atoms with E-state index >= 15 is 0 Å². The lowest BCUT2D eigenvalue weighted by atomic mass is 9.95. The van der Waals surface area contributed by atoms with Gasteiger partial charge in [-0.15, -0.1) is 5.10 Å². The first-order valence-electron chi connectivity index (χ1n) is 6.43. The van der Waals surface area contributed by atoms with E-state index in [1.807, 2.05) is 0 Å². The van der Waals surface area contributed by atoms with Gasteiger partial charge in [-0.2, -0.15) is 0 Å². The number of carboxylic acid groups (broad SMARTS) is 1. The molecule has 1 unspecified atom stereocenters. The van der Waals surface area contributed by atoms with E-state index in [2.05, 4.69) is 22.1 Å². The Hall–Kier alpha value is -1.47. The summed E-state index contributed by atoms with van der Waals surface area (Å²) in [5.41, 5.74) is -0.0901. The van der Waals surface area contributed by atoms with Gasteiger partial charge in [0.15, 0.2) is 5.69 Å². The van der Waals surface area contributed by atoms with E-state index in [9.17, 15) is 4.79 Å². The average Bonchev–Trinajstić information content (AvgIpc) is 2.86. The summed E-state index contributed by atoms with van der Waals surface area (Å²) < 4.78 is 7.11. The monoisotopic (exact) mass is 268 g/mol. The zero-order chi connectivity index (χ0) is 13.9. The van der Waals surface area contributed by atoms with E-state index in [1.54, 1.807) is 11.8 Å². The Bertz CT molecular complexity index is 448. The standard InChI is InChI=1S/C12H20N4O3/c1-12(19-2)4-3-5-15(9-12)6-7-16-8-10(11(17)18)13-14-16/h8H,3-7,9H2,1-2H3,(H,17,18). The first kappa shape index (κ1) is 14.0. The van der Waals surface area contributed by atoms with Gasteiger partial charge in [0.25, 0.3) is 0 Å².